The molecule has 0 aliphatic rings. The van der Waals surface area contributed by atoms with Gasteiger partial charge >= 0.3 is 5.97 Å². The zero-order valence-electron chi connectivity index (χ0n) is 17.4. The number of hydrogen-bond donors (Lipinski definition) is 2. The molecule has 0 bridgehead atoms. The highest BCUT2D eigenvalue weighted by Gasteiger charge is 2.19. The smallest absolute Gasteiger partial charge is 0.340 e. The number of primary sulfonamides is 1. The van der Waals surface area contributed by atoms with Crippen molar-refractivity contribution in [3.63, 3.8) is 0 Å². The maximum absolute atomic E-state index is 12.6. The van der Waals surface area contributed by atoms with Crippen LogP contribution < -0.4 is 10.5 Å². The maximum Gasteiger partial charge on any atom is 0.340 e. The number of aromatic nitrogens is 1. The Morgan fingerprint density at radius 2 is 1.74 bits per heavy atom. The van der Waals surface area contributed by atoms with Crippen molar-refractivity contribution in [2.75, 3.05) is 11.9 Å². The average molecular weight is 442 g/mol. The molecule has 0 atom stereocenters. The first kappa shape index (κ1) is 22.3. The first-order chi connectivity index (χ1) is 14.6. The quantitative estimate of drug-likeness (QED) is 0.570. The van der Waals surface area contributed by atoms with Crippen molar-refractivity contribution in [3.8, 4) is 5.69 Å². The molecule has 1 aromatic heterocycles. The number of carbonyl (C=O) groups excluding carboxylic acids is 2. The molecule has 8 nitrogen and oxygen atoms in total. The molecule has 1 heterocycles. The van der Waals surface area contributed by atoms with Crippen LogP contribution in [0.5, 0.6) is 0 Å². The number of nitrogens with one attached hydrogen (secondary N) is 1. The van der Waals surface area contributed by atoms with E-state index >= 15 is 0 Å². The Labute approximate surface area is 180 Å². The second-order valence-electron chi connectivity index (χ2n) is 7.10. The maximum atomic E-state index is 12.6. The third-order valence-electron chi connectivity index (χ3n) is 4.79. The fourth-order valence-corrected chi connectivity index (χ4v) is 3.87. The standard InChI is InChI=1S/C22H23N3O5S/c1-14-7-4-5-10-20(14)25-15(2)11-19(16(25)3)22(27)30-13-21(26)24-17-8-6-9-18(12-17)31(23,28)29/h4-12H,13H2,1-3H3,(H,24,26)(H2,23,28,29). The molecule has 0 aliphatic heterocycles. The summed E-state index contributed by atoms with van der Waals surface area (Å²) in [6.07, 6.45) is 0. The number of nitrogens with two attached hydrogens (primary N) is 1. The zero-order chi connectivity index (χ0) is 22.8. The van der Waals surface area contributed by atoms with Gasteiger partial charge in [-0.05, 0) is 56.7 Å². The summed E-state index contributed by atoms with van der Waals surface area (Å²) in [5, 5.41) is 7.57. The molecular weight excluding hydrogens is 418 g/mol. The number of sulfonamides is 1. The van der Waals surface area contributed by atoms with Gasteiger partial charge in [-0.15, -0.1) is 0 Å². The summed E-state index contributed by atoms with van der Waals surface area (Å²) in [7, 11) is -3.89. The average Bonchev–Trinajstić information content (AvgIpc) is 3.00. The van der Waals surface area contributed by atoms with E-state index in [2.05, 4.69) is 5.32 Å². The monoisotopic (exact) mass is 441 g/mol. The van der Waals surface area contributed by atoms with E-state index in [0.29, 0.717) is 11.3 Å². The molecule has 3 rings (SSSR count). The molecule has 0 spiro atoms. The Hall–Kier alpha value is -3.43. The van der Waals surface area contributed by atoms with Crippen molar-refractivity contribution in [1.82, 2.24) is 4.57 Å². The Bertz CT molecular complexity index is 1260. The molecule has 31 heavy (non-hydrogen) atoms. The Balaban J connectivity index is 1.70. The van der Waals surface area contributed by atoms with Gasteiger partial charge < -0.3 is 14.6 Å². The van der Waals surface area contributed by atoms with Crippen LogP contribution in [0.2, 0.25) is 0 Å². The molecule has 0 radical (unpaired) electrons. The minimum Gasteiger partial charge on any atom is -0.452 e. The highest BCUT2D eigenvalue weighted by molar-refractivity contribution is 7.89. The third kappa shape index (κ3) is 5.01. The van der Waals surface area contributed by atoms with Crippen LogP contribution in [0.15, 0.2) is 59.5 Å². The fourth-order valence-electron chi connectivity index (χ4n) is 3.31. The van der Waals surface area contributed by atoms with Crippen LogP contribution in [-0.2, 0) is 19.6 Å². The van der Waals surface area contributed by atoms with E-state index in [4.69, 9.17) is 9.88 Å². The second-order valence-corrected chi connectivity index (χ2v) is 8.67. The molecule has 0 unspecified atom stereocenters. The number of para-hydroxylation sites is 1. The normalized spacial score (nSPS) is 11.2. The van der Waals surface area contributed by atoms with Crippen LogP contribution >= 0.6 is 0 Å². The SMILES string of the molecule is Cc1ccccc1-n1c(C)cc(C(=O)OCC(=O)Nc2cccc(S(N)(=O)=O)c2)c1C. The molecule has 9 heteroatoms. The lowest BCUT2D eigenvalue weighted by Gasteiger charge is -2.12. The summed E-state index contributed by atoms with van der Waals surface area (Å²) < 4.78 is 30.0. The topological polar surface area (TPSA) is 120 Å². The summed E-state index contributed by atoms with van der Waals surface area (Å²) in [6, 6.07) is 15.0. The van der Waals surface area contributed by atoms with Gasteiger partial charge in [0, 0.05) is 22.8 Å². The van der Waals surface area contributed by atoms with E-state index < -0.39 is 28.5 Å². The van der Waals surface area contributed by atoms with Gasteiger partial charge in [0.25, 0.3) is 5.91 Å². The highest BCUT2D eigenvalue weighted by Crippen LogP contribution is 2.23. The van der Waals surface area contributed by atoms with E-state index in [1.54, 1.807) is 6.07 Å². The summed E-state index contributed by atoms with van der Waals surface area (Å²) >= 11 is 0. The Kier molecular flexibility index (Phi) is 6.28. The van der Waals surface area contributed by atoms with Crippen molar-refractivity contribution >= 4 is 27.6 Å². The van der Waals surface area contributed by atoms with Crippen LogP contribution in [-0.4, -0.2) is 31.5 Å². The summed E-state index contributed by atoms with van der Waals surface area (Å²) in [5.74, 6) is -1.23. The van der Waals surface area contributed by atoms with Gasteiger partial charge in [0.15, 0.2) is 6.61 Å². The fraction of sp³-hybridized carbons (Fsp3) is 0.182. The third-order valence-corrected chi connectivity index (χ3v) is 5.70. The molecule has 0 aliphatic carbocycles. The van der Waals surface area contributed by atoms with Gasteiger partial charge in [-0.1, -0.05) is 24.3 Å². The van der Waals surface area contributed by atoms with Crippen molar-refractivity contribution in [3.05, 3.63) is 77.1 Å². The molecule has 3 N–H and O–H groups in total. The number of carbonyl (C=O) groups is 2. The number of hydrogen-bond acceptors (Lipinski definition) is 5. The predicted octanol–water partition coefficient (Wildman–Crippen LogP) is 2.85. The number of nitrogens with zero attached hydrogens (tertiary/aromatic N) is 1. The van der Waals surface area contributed by atoms with Crippen LogP contribution in [0.4, 0.5) is 5.69 Å². The van der Waals surface area contributed by atoms with E-state index in [1.165, 1.54) is 24.3 Å². The molecule has 3 aromatic rings. The number of rotatable bonds is 6. The van der Waals surface area contributed by atoms with Crippen LogP contribution in [0, 0.1) is 20.8 Å². The number of amides is 1. The number of esters is 1. The summed E-state index contributed by atoms with van der Waals surface area (Å²) in [6.45, 7) is 5.17. The molecule has 0 saturated carbocycles. The lowest BCUT2D eigenvalue weighted by Crippen LogP contribution is -2.21. The number of anilines is 1. The van der Waals surface area contributed by atoms with E-state index in [9.17, 15) is 18.0 Å². The number of aryl methyl sites for hydroxylation is 2. The predicted molar refractivity (Wildman–Crippen MR) is 117 cm³/mol. The van der Waals surface area contributed by atoms with Crippen molar-refractivity contribution < 1.29 is 22.7 Å². The lowest BCUT2D eigenvalue weighted by atomic mass is 10.2. The second kappa shape index (κ2) is 8.75. The van der Waals surface area contributed by atoms with Crippen molar-refractivity contribution in [2.24, 2.45) is 5.14 Å². The van der Waals surface area contributed by atoms with Crippen LogP contribution in [0.3, 0.4) is 0 Å². The molecule has 1 amide bonds. The van der Waals surface area contributed by atoms with E-state index in [-0.39, 0.29) is 10.6 Å². The van der Waals surface area contributed by atoms with Crippen LogP contribution in [0.25, 0.3) is 5.69 Å². The number of benzene rings is 2. The zero-order valence-corrected chi connectivity index (χ0v) is 18.2. The molecule has 2 aromatic carbocycles. The minimum atomic E-state index is -3.89. The molecule has 0 saturated heterocycles. The molecular formula is C22H23N3O5S. The van der Waals surface area contributed by atoms with Gasteiger partial charge in [0.1, 0.15) is 0 Å². The van der Waals surface area contributed by atoms with Gasteiger partial charge in [0.2, 0.25) is 10.0 Å². The number of ether oxygens (including phenoxy) is 1. The summed E-state index contributed by atoms with van der Waals surface area (Å²) in [4.78, 5) is 24.6. The van der Waals surface area contributed by atoms with Gasteiger partial charge in [-0.3, -0.25) is 4.79 Å². The van der Waals surface area contributed by atoms with Gasteiger partial charge in [-0.2, -0.15) is 0 Å². The largest absolute Gasteiger partial charge is 0.452 e. The first-order valence-corrected chi connectivity index (χ1v) is 11.0. The minimum absolute atomic E-state index is 0.133. The van der Waals surface area contributed by atoms with Gasteiger partial charge in [-0.25, -0.2) is 18.4 Å². The summed E-state index contributed by atoms with van der Waals surface area (Å²) in [5.41, 5.74) is 4.19. The molecule has 162 valence electrons. The Morgan fingerprint density at radius 1 is 1.03 bits per heavy atom. The van der Waals surface area contributed by atoms with E-state index in [1.807, 2.05) is 49.6 Å². The van der Waals surface area contributed by atoms with Crippen molar-refractivity contribution in [2.45, 2.75) is 25.7 Å². The highest BCUT2D eigenvalue weighted by atomic mass is 32.2. The van der Waals surface area contributed by atoms with E-state index in [0.717, 1.165) is 16.9 Å². The lowest BCUT2D eigenvalue weighted by molar-refractivity contribution is -0.119. The molecule has 0 fully saturated rings. The Morgan fingerprint density at radius 3 is 2.42 bits per heavy atom. The van der Waals surface area contributed by atoms with Crippen molar-refractivity contribution in [1.29, 1.82) is 0 Å². The van der Waals surface area contributed by atoms with Crippen LogP contribution in [0.1, 0.15) is 27.3 Å². The van der Waals surface area contributed by atoms with Gasteiger partial charge in [0.05, 0.1) is 10.5 Å². The first-order valence-electron chi connectivity index (χ1n) is 9.42.